The summed E-state index contributed by atoms with van der Waals surface area (Å²) < 4.78 is 15.3. The Morgan fingerprint density at radius 1 is 0.556 bits per heavy atom. The first-order valence-electron chi connectivity index (χ1n) is 12.6. The molecule has 0 spiro atoms. The van der Waals surface area contributed by atoms with Crippen LogP contribution in [-0.4, -0.2) is 22.9 Å². The van der Waals surface area contributed by atoms with E-state index in [4.69, 9.17) is 9.31 Å². The summed E-state index contributed by atoms with van der Waals surface area (Å²) in [7, 11) is -0.406. The molecule has 176 valence electrons. The van der Waals surface area contributed by atoms with E-state index in [1.807, 2.05) is 0 Å². The van der Waals surface area contributed by atoms with Gasteiger partial charge in [0.25, 0.3) is 0 Å². The minimum Gasteiger partial charge on any atom is -0.399 e. The molecule has 7 rings (SSSR count). The molecule has 5 aromatic carbocycles. The van der Waals surface area contributed by atoms with E-state index in [0.717, 1.165) is 16.5 Å². The second-order valence-electron chi connectivity index (χ2n) is 10.9. The Kier molecular flexibility index (Phi) is 4.49. The molecule has 1 saturated heterocycles. The Hall–Kier alpha value is -3.60. The van der Waals surface area contributed by atoms with Crippen molar-refractivity contribution in [2.24, 2.45) is 0 Å². The predicted octanol–water partition coefficient (Wildman–Crippen LogP) is 7.39. The van der Waals surface area contributed by atoms with Crippen LogP contribution in [0.15, 0.2) is 97.1 Å². The molecule has 0 amide bonds. The molecule has 6 aromatic rings. The molecule has 0 aliphatic carbocycles. The summed E-state index contributed by atoms with van der Waals surface area (Å²) in [6.45, 7) is 8.41. The first-order chi connectivity index (χ1) is 17.3. The first kappa shape index (κ1) is 21.7. The van der Waals surface area contributed by atoms with Crippen molar-refractivity contribution < 1.29 is 9.31 Å². The van der Waals surface area contributed by atoms with Crippen molar-refractivity contribution in [3.63, 3.8) is 0 Å². The maximum Gasteiger partial charge on any atom is 0.495 e. The molecule has 0 radical (unpaired) electrons. The monoisotopic (exact) mass is 469 g/mol. The highest BCUT2D eigenvalue weighted by Gasteiger charge is 2.52. The standard InChI is InChI=1S/C32H28BNO2/c1-31(2)32(3,4)36-33(35-31)27-16-9-15-24-23(27)14-10-18-29(24)34-28-17-8-7-13-25(28)26-19-21-11-5-6-12-22(21)20-30(26)34/h5-20H,1-4H3. The van der Waals surface area contributed by atoms with Gasteiger partial charge in [-0.25, -0.2) is 0 Å². The van der Waals surface area contributed by atoms with Crippen LogP contribution < -0.4 is 5.46 Å². The number of para-hydroxylation sites is 1. The lowest BCUT2D eigenvalue weighted by atomic mass is 9.76. The summed E-state index contributed by atoms with van der Waals surface area (Å²) in [5, 5.41) is 7.36. The molecule has 0 N–H and O–H groups in total. The van der Waals surface area contributed by atoms with Gasteiger partial charge in [-0.05, 0) is 73.6 Å². The van der Waals surface area contributed by atoms with Crippen molar-refractivity contribution in [1.82, 2.24) is 4.57 Å². The molecule has 0 saturated carbocycles. The molecule has 3 nitrogen and oxygen atoms in total. The fourth-order valence-corrected chi connectivity index (χ4v) is 5.60. The minimum atomic E-state index is -0.406. The van der Waals surface area contributed by atoms with Gasteiger partial charge in [0.2, 0.25) is 0 Å². The summed E-state index contributed by atoms with van der Waals surface area (Å²) in [5.74, 6) is 0. The quantitative estimate of drug-likeness (QED) is 0.247. The van der Waals surface area contributed by atoms with Gasteiger partial charge in [-0.1, -0.05) is 72.8 Å². The number of benzene rings is 5. The Morgan fingerprint density at radius 2 is 1.17 bits per heavy atom. The van der Waals surface area contributed by atoms with Crippen LogP contribution >= 0.6 is 0 Å². The van der Waals surface area contributed by atoms with Gasteiger partial charge in [0.05, 0.1) is 27.9 Å². The van der Waals surface area contributed by atoms with Crippen molar-refractivity contribution in [3.8, 4) is 5.69 Å². The zero-order valence-corrected chi connectivity index (χ0v) is 21.1. The average Bonchev–Trinajstić information content (AvgIpc) is 3.30. The molecule has 1 aliphatic heterocycles. The van der Waals surface area contributed by atoms with Crippen molar-refractivity contribution in [2.75, 3.05) is 0 Å². The van der Waals surface area contributed by atoms with Gasteiger partial charge in [0.1, 0.15) is 0 Å². The lowest BCUT2D eigenvalue weighted by molar-refractivity contribution is 0.00578. The zero-order valence-electron chi connectivity index (χ0n) is 21.1. The zero-order chi connectivity index (χ0) is 24.7. The van der Waals surface area contributed by atoms with Gasteiger partial charge < -0.3 is 13.9 Å². The van der Waals surface area contributed by atoms with E-state index in [1.165, 1.54) is 38.0 Å². The van der Waals surface area contributed by atoms with Gasteiger partial charge in [-0.15, -0.1) is 0 Å². The molecule has 2 heterocycles. The van der Waals surface area contributed by atoms with Crippen LogP contribution in [0.25, 0.3) is 49.0 Å². The molecule has 1 aliphatic rings. The third kappa shape index (κ3) is 3.01. The third-order valence-electron chi connectivity index (χ3n) is 8.22. The number of fused-ring (bicyclic) bond motifs is 5. The predicted molar refractivity (Wildman–Crippen MR) is 152 cm³/mol. The lowest BCUT2D eigenvalue weighted by Gasteiger charge is -2.32. The normalized spacial score (nSPS) is 17.1. The van der Waals surface area contributed by atoms with Gasteiger partial charge >= 0.3 is 7.12 Å². The van der Waals surface area contributed by atoms with Crippen LogP contribution in [0.5, 0.6) is 0 Å². The third-order valence-corrected chi connectivity index (χ3v) is 8.22. The van der Waals surface area contributed by atoms with Gasteiger partial charge in [-0.2, -0.15) is 0 Å². The molecule has 36 heavy (non-hydrogen) atoms. The van der Waals surface area contributed by atoms with Crippen LogP contribution in [0.1, 0.15) is 27.7 Å². The maximum atomic E-state index is 6.45. The molecule has 1 aromatic heterocycles. The molecular weight excluding hydrogens is 441 g/mol. The van der Waals surface area contributed by atoms with Crippen LogP contribution in [0.4, 0.5) is 0 Å². The maximum absolute atomic E-state index is 6.45. The van der Waals surface area contributed by atoms with E-state index in [-0.39, 0.29) is 11.2 Å². The Bertz CT molecular complexity index is 1800. The summed E-state index contributed by atoms with van der Waals surface area (Å²) >= 11 is 0. The van der Waals surface area contributed by atoms with E-state index in [0.29, 0.717) is 0 Å². The number of rotatable bonds is 2. The molecule has 0 unspecified atom stereocenters. The van der Waals surface area contributed by atoms with E-state index in [1.54, 1.807) is 0 Å². The summed E-state index contributed by atoms with van der Waals surface area (Å²) in [6, 6.07) is 34.9. The molecule has 0 bridgehead atoms. The topological polar surface area (TPSA) is 23.4 Å². The van der Waals surface area contributed by atoms with Gasteiger partial charge in [0, 0.05) is 16.2 Å². The number of nitrogens with zero attached hydrogens (tertiary/aromatic N) is 1. The highest BCUT2D eigenvalue weighted by molar-refractivity contribution is 6.65. The van der Waals surface area contributed by atoms with Crippen LogP contribution in [0.3, 0.4) is 0 Å². The SMILES string of the molecule is CC1(C)OB(c2cccc3c(-n4c5ccccc5c5cc6ccccc6cc54)cccc23)OC1(C)C. The second-order valence-corrected chi connectivity index (χ2v) is 10.9. The smallest absolute Gasteiger partial charge is 0.399 e. The van der Waals surface area contributed by atoms with E-state index < -0.39 is 7.12 Å². The summed E-state index contributed by atoms with van der Waals surface area (Å²) in [5.41, 5.74) is 3.88. The van der Waals surface area contributed by atoms with Crippen LogP contribution in [-0.2, 0) is 9.31 Å². The number of aromatic nitrogens is 1. The van der Waals surface area contributed by atoms with Crippen LogP contribution in [0, 0.1) is 0 Å². The summed E-state index contributed by atoms with van der Waals surface area (Å²) in [6.07, 6.45) is 0. The van der Waals surface area contributed by atoms with E-state index in [2.05, 4.69) is 129 Å². The molecule has 1 fully saturated rings. The molecule has 4 heteroatoms. The van der Waals surface area contributed by atoms with E-state index >= 15 is 0 Å². The van der Waals surface area contributed by atoms with Gasteiger partial charge in [0.15, 0.2) is 0 Å². The van der Waals surface area contributed by atoms with Crippen LogP contribution in [0.2, 0.25) is 0 Å². The highest BCUT2D eigenvalue weighted by atomic mass is 16.7. The Morgan fingerprint density at radius 3 is 1.94 bits per heavy atom. The van der Waals surface area contributed by atoms with Crippen molar-refractivity contribution in [3.05, 3.63) is 97.1 Å². The number of hydrogen-bond acceptors (Lipinski definition) is 2. The van der Waals surface area contributed by atoms with E-state index in [9.17, 15) is 0 Å². The minimum absolute atomic E-state index is 0.384. The first-order valence-corrected chi connectivity index (χ1v) is 12.6. The van der Waals surface area contributed by atoms with Crippen molar-refractivity contribution in [2.45, 2.75) is 38.9 Å². The summed E-state index contributed by atoms with van der Waals surface area (Å²) in [4.78, 5) is 0. The fraction of sp³-hybridized carbons (Fsp3) is 0.188. The second kappa shape index (κ2) is 7.46. The molecule has 0 atom stereocenters. The van der Waals surface area contributed by atoms with Crippen molar-refractivity contribution >= 4 is 55.9 Å². The largest absolute Gasteiger partial charge is 0.495 e. The highest BCUT2D eigenvalue weighted by Crippen LogP contribution is 2.39. The number of hydrogen-bond donors (Lipinski definition) is 0. The Labute approximate surface area is 211 Å². The fourth-order valence-electron chi connectivity index (χ4n) is 5.60. The Balaban J connectivity index is 1.52. The molecular formula is C32H28BNO2. The lowest BCUT2D eigenvalue weighted by Crippen LogP contribution is -2.41. The van der Waals surface area contributed by atoms with Gasteiger partial charge in [-0.3, -0.25) is 0 Å². The average molecular weight is 469 g/mol. The van der Waals surface area contributed by atoms with Crippen molar-refractivity contribution in [1.29, 1.82) is 0 Å².